The second-order valence-electron chi connectivity index (χ2n) is 7.59. The molecule has 1 atom stereocenters. The highest BCUT2D eigenvalue weighted by Crippen LogP contribution is 2.30. The molecule has 0 spiro atoms. The molecule has 3 heterocycles. The Morgan fingerprint density at radius 2 is 2.00 bits per heavy atom. The van der Waals surface area contributed by atoms with Gasteiger partial charge in [0.25, 0.3) is 0 Å². The summed E-state index contributed by atoms with van der Waals surface area (Å²) in [5.74, 6) is 1.18. The molecule has 1 saturated carbocycles. The van der Waals surface area contributed by atoms with Gasteiger partial charge < -0.3 is 4.74 Å². The molecule has 25 heavy (non-hydrogen) atoms. The van der Waals surface area contributed by atoms with Crippen LogP contribution in [-0.2, 0) is 24.4 Å². The summed E-state index contributed by atoms with van der Waals surface area (Å²) in [5, 5.41) is 4.96. The first-order chi connectivity index (χ1) is 12.3. The molecule has 1 fully saturated rings. The van der Waals surface area contributed by atoms with E-state index in [-0.39, 0.29) is 0 Å². The fourth-order valence-corrected chi connectivity index (χ4v) is 4.40. The van der Waals surface area contributed by atoms with E-state index in [2.05, 4.69) is 32.9 Å². The molecule has 0 aromatic carbocycles. The van der Waals surface area contributed by atoms with Crippen molar-refractivity contribution in [2.75, 3.05) is 20.3 Å². The van der Waals surface area contributed by atoms with Gasteiger partial charge in [-0.1, -0.05) is 12.8 Å². The highest BCUT2D eigenvalue weighted by molar-refractivity contribution is 5.25. The molecule has 4 rings (SSSR count). The third-order valence-corrected chi connectivity index (χ3v) is 5.57. The summed E-state index contributed by atoms with van der Waals surface area (Å²) >= 11 is 0. The van der Waals surface area contributed by atoms with E-state index in [0.29, 0.717) is 5.92 Å². The van der Waals surface area contributed by atoms with Gasteiger partial charge in [-0.2, -0.15) is 5.10 Å². The molecular formula is C20H28N4O. The predicted molar refractivity (Wildman–Crippen MR) is 97.2 cm³/mol. The molecule has 5 nitrogen and oxygen atoms in total. The molecule has 1 aliphatic carbocycles. The number of rotatable bonds is 6. The Hall–Kier alpha value is -1.72. The third kappa shape index (κ3) is 3.93. The number of nitrogens with zero attached hydrogens (tertiary/aromatic N) is 4. The van der Waals surface area contributed by atoms with Gasteiger partial charge in [-0.3, -0.25) is 14.6 Å². The van der Waals surface area contributed by atoms with Crippen molar-refractivity contribution in [1.29, 1.82) is 0 Å². The van der Waals surface area contributed by atoms with E-state index < -0.39 is 0 Å². The number of pyridine rings is 1. The largest absolute Gasteiger partial charge is 0.384 e. The first kappa shape index (κ1) is 16.7. The molecule has 0 amide bonds. The van der Waals surface area contributed by atoms with Crippen LogP contribution >= 0.6 is 0 Å². The van der Waals surface area contributed by atoms with Crippen LogP contribution in [0.2, 0.25) is 0 Å². The Morgan fingerprint density at radius 1 is 1.20 bits per heavy atom. The summed E-state index contributed by atoms with van der Waals surface area (Å²) in [7, 11) is 1.79. The lowest BCUT2D eigenvalue weighted by molar-refractivity contribution is 0.134. The maximum absolute atomic E-state index is 5.49. The number of aromatic nitrogens is 3. The highest BCUT2D eigenvalue weighted by atomic mass is 16.5. The predicted octanol–water partition coefficient (Wildman–Crippen LogP) is 3.21. The van der Waals surface area contributed by atoms with Gasteiger partial charge in [0.1, 0.15) is 0 Å². The van der Waals surface area contributed by atoms with E-state index in [1.165, 1.54) is 42.5 Å². The maximum atomic E-state index is 5.49. The van der Waals surface area contributed by atoms with E-state index >= 15 is 0 Å². The minimum atomic E-state index is 0.361. The van der Waals surface area contributed by atoms with Gasteiger partial charge in [-0.05, 0) is 36.5 Å². The molecule has 2 aliphatic rings. The Labute approximate surface area is 150 Å². The molecule has 134 valence electrons. The molecule has 0 N–H and O–H groups in total. The minimum Gasteiger partial charge on any atom is -0.384 e. The fourth-order valence-electron chi connectivity index (χ4n) is 4.40. The van der Waals surface area contributed by atoms with E-state index in [1.54, 1.807) is 7.11 Å². The van der Waals surface area contributed by atoms with Crippen molar-refractivity contribution in [3.05, 3.63) is 47.5 Å². The number of methoxy groups -OCH3 is 1. The number of ether oxygens (including phenoxy) is 1. The number of hydrogen-bond acceptors (Lipinski definition) is 4. The Balaban J connectivity index is 1.50. The molecule has 2 aromatic heterocycles. The molecule has 2 aromatic rings. The summed E-state index contributed by atoms with van der Waals surface area (Å²) in [4.78, 5) is 6.62. The molecule has 0 unspecified atom stereocenters. The Morgan fingerprint density at radius 3 is 2.76 bits per heavy atom. The van der Waals surface area contributed by atoms with Crippen LogP contribution in [0.5, 0.6) is 0 Å². The lowest BCUT2D eigenvalue weighted by Crippen LogP contribution is -2.34. The number of fused-ring (bicyclic) bond motifs is 1. The standard InChI is InChI=1S/C20H28N4O/c1-25-15-19-13-23(10-17-6-8-21-9-7-17)12-18-14-24(22-20(18)19)11-16-4-2-3-5-16/h6-9,14,16,19H,2-5,10-13,15H2,1H3/t19-/m1/s1. The smallest absolute Gasteiger partial charge is 0.0736 e. The molecule has 0 radical (unpaired) electrons. The average molecular weight is 340 g/mol. The lowest BCUT2D eigenvalue weighted by Gasteiger charge is -2.31. The van der Waals surface area contributed by atoms with Gasteiger partial charge in [-0.25, -0.2) is 0 Å². The van der Waals surface area contributed by atoms with E-state index in [4.69, 9.17) is 9.84 Å². The summed E-state index contributed by atoms with van der Waals surface area (Å²) in [6, 6.07) is 4.20. The average Bonchev–Trinajstić information content (AvgIpc) is 3.26. The molecule has 1 aliphatic heterocycles. The van der Waals surface area contributed by atoms with Gasteiger partial charge in [0.05, 0.1) is 12.3 Å². The summed E-state index contributed by atoms with van der Waals surface area (Å²) in [6.45, 7) is 4.75. The quantitative estimate of drug-likeness (QED) is 0.810. The van der Waals surface area contributed by atoms with Crippen LogP contribution in [0.3, 0.4) is 0 Å². The Bertz CT molecular complexity index is 678. The first-order valence-corrected chi connectivity index (χ1v) is 9.48. The van der Waals surface area contributed by atoms with Crippen LogP contribution in [0.25, 0.3) is 0 Å². The molecule has 5 heteroatoms. The van der Waals surface area contributed by atoms with Crippen molar-refractivity contribution in [1.82, 2.24) is 19.7 Å². The molecular weight excluding hydrogens is 312 g/mol. The van der Waals surface area contributed by atoms with E-state index in [9.17, 15) is 0 Å². The zero-order valence-corrected chi connectivity index (χ0v) is 15.1. The van der Waals surface area contributed by atoms with Crippen molar-refractivity contribution in [3.63, 3.8) is 0 Å². The monoisotopic (exact) mass is 340 g/mol. The zero-order valence-electron chi connectivity index (χ0n) is 15.1. The van der Waals surface area contributed by atoms with Crippen molar-refractivity contribution in [2.45, 2.75) is 51.2 Å². The molecule has 0 bridgehead atoms. The summed E-state index contributed by atoms with van der Waals surface area (Å²) in [5.41, 5.74) is 3.94. The maximum Gasteiger partial charge on any atom is 0.0736 e. The van der Waals surface area contributed by atoms with Crippen molar-refractivity contribution in [2.24, 2.45) is 5.92 Å². The normalized spacial score (nSPS) is 21.6. The van der Waals surface area contributed by atoms with Crippen LogP contribution in [0.1, 0.15) is 48.4 Å². The SMILES string of the molecule is COC[C@H]1CN(Cc2ccncc2)Cc2cn(CC3CCCC3)nc21. The van der Waals surface area contributed by atoms with Crippen LogP contribution in [0, 0.1) is 5.92 Å². The third-order valence-electron chi connectivity index (χ3n) is 5.57. The van der Waals surface area contributed by atoms with Crippen LogP contribution in [-0.4, -0.2) is 39.9 Å². The minimum absolute atomic E-state index is 0.361. The van der Waals surface area contributed by atoms with Gasteiger partial charge in [0.2, 0.25) is 0 Å². The van der Waals surface area contributed by atoms with Crippen molar-refractivity contribution < 1.29 is 4.74 Å². The van der Waals surface area contributed by atoms with Crippen molar-refractivity contribution in [3.8, 4) is 0 Å². The van der Waals surface area contributed by atoms with Crippen LogP contribution < -0.4 is 0 Å². The molecule has 0 saturated heterocycles. The second-order valence-corrected chi connectivity index (χ2v) is 7.59. The van der Waals surface area contributed by atoms with E-state index in [1.807, 2.05) is 12.4 Å². The fraction of sp³-hybridized carbons (Fsp3) is 0.600. The van der Waals surface area contributed by atoms with E-state index in [0.717, 1.165) is 38.7 Å². The first-order valence-electron chi connectivity index (χ1n) is 9.48. The summed E-state index contributed by atoms with van der Waals surface area (Å²) < 4.78 is 7.70. The topological polar surface area (TPSA) is 43.2 Å². The lowest BCUT2D eigenvalue weighted by atomic mass is 9.97. The van der Waals surface area contributed by atoms with Gasteiger partial charge in [0.15, 0.2) is 0 Å². The van der Waals surface area contributed by atoms with Crippen LogP contribution in [0.4, 0.5) is 0 Å². The zero-order chi connectivity index (χ0) is 17.1. The van der Waals surface area contributed by atoms with Crippen LogP contribution in [0.15, 0.2) is 30.7 Å². The highest BCUT2D eigenvalue weighted by Gasteiger charge is 2.29. The summed E-state index contributed by atoms with van der Waals surface area (Å²) in [6.07, 6.45) is 11.5. The second kappa shape index (κ2) is 7.67. The van der Waals surface area contributed by atoms with Crippen molar-refractivity contribution >= 4 is 0 Å². The van der Waals surface area contributed by atoms with Gasteiger partial charge >= 0.3 is 0 Å². The Kier molecular flexibility index (Phi) is 5.13. The van der Waals surface area contributed by atoms with Gasteiger partial charge in [-0.15, -0.1) is 0 Å². The van der Waals surface area contributed by atoms with Gasteiger partial charge in [0, 0.05) is 63.4 Å². The number of hydrogen-bond donors (Lipinski definition) is 0.